The van der Waals surface area contributed by atoms with Gasteiger partial charge in [-0.25, -0.2) is 8.42 Å². The van der Waals surface area contributed by atoms with Crippen LogP contribution < -0.4 is 0 Å². The summed E-state index contributed by atoms with van der Waals surface area (Å²) in [4.78, 5) is 14.1. The minimum Gasteiger partial charge on any atom is -0.468 e. The van der Waals surface area contributed by atoms with Crippen LogP contribution in [-0.2, 0) is 21.4 Å². The van der Waals surface area contributed by atoms with Crippen molar-refractivity contribution in [1.29, 1.82) is 0 Å². The maximum Gasteiger partial charge on any atom is 0.237 e. The first kappa shape index (κ1) is 16.0. The van der Waals surface area contributed by atoms with Crippen LogP contribution in [0.1, 0.15) is 31.4 Å². The Hall–Kier alpha value is -1.34. The molecule has 0 atom stereocenters. The summed E-state index contributed by atoms with van der Waals surface area (Å²) in [6.07, 6.45) is 6.85. The van der Waals surface area contributed by atoms with Crippen LogP contribution in [0.2, 0.25) is 0 Å². The molecule has 1 aromatic heterocycles. The van der Waals surface area contributed by atoms with E-state index in [1.165, 1.54) is 10.6 Å². The van der Waals surface area contributed by atoms with E-state index in [9.17, 15) is 13.2 Å². The van der Waals surface area contributed by atoms with E-state index >= 15 is 0 Å². The third kappa shape index (κ3) is 4.86. The van der Waals surface area contributed by atoms with Crippen molar-refractivity contribution in [3.05, 3.63) is 24.2 Å². The predicted molar refractivity (Wildman–Crippen MR) is 79.0 cm³/mol. The average Bonchev–Trinajstić information content (AvgIpc) is 2.76. The number of sulfonamides is 1. The molecule has 0 aromatic carbocycles. The number of hydrogen-bond acceptors (Lipinski definition) is 4. The molecular formula is C14H22N2O4S. The fraction of sp³-hybridized carbons (Fsp3) is 0.643. The molecule has 6 nitrogen and oxygen atoms in total. The van der Waals surface area contributed by atoms with Gasteiger partial charge in [0.15, 0.2) is 0 Å². The van der Waals surface area contributed by atoms with E-state index < -0.39 is 10.0 Å². The van der Waals surface area contributed by atoms with Crippen LogP contribution >= 0.6 is 0 Å². The van der Waals surface area contributed by atoms with Crippen molar-refractivity contribution in [3.8, 4) is 0 Å². The van der Waals surface area contributed by atoms with Gasteiger partial charge in [0.25, 0.3) is 0 Å². The number of hydrogen-bond donors (Lipinski definition) is 0. The quantitative estimate of drug-likeness (QED) is 0.824. The molecule has 1 aromatic rings. The monoisotopic (exact) mass is 314 g/mol. The van der Waals surface area contributed by atoms with Crippen LogP contribution in [0.3, 0.4) is 0 Å². The molecule has 0 radical (unpaired) electrons. The number of furan rings is 1. The van der Waals surface area contributed by atoms with Gasteiger partial charge < -0.3 is 9.32 Å². The van der Waals surface area contributed by atoms with Crippen molar-refractivity contribution in [2.24, 2.45) is 0 Å². The first-order valence-electron chi connectivity index (χ1n) is 7.22. The van der Waals surface area contributed by atoms with Gasteiger partial charge in [0.1, 0.15) is 5.76 Å². The Labute approximate surface area is 125 Å². The second-order valence-corrected chi connectivity index (χ2v) is 7.39. The Bertz CT molecular complexity index is 546. The normalized spacial score (nSPS) is 17.0. The highest BCUT2D eigenvalue weighted by Crippen LogP contribution is 2.13. The highest BCUT2D eigenvalue weighted by Gasteiger charge is 2.24. The Balaban J connectivity index is 2.02. The lowest BCUT2D eigenvalue weighted by atomic mass is 10.2. The summed E-state index contributed by atoms with van der Waals surface area (Å²) in [5.41, 5.74) is 0. The first-order valence-corrected chi connectivity index (χ1v) is 9.07. The van der Waals surface area contributed by atoms with Gasteiger partial charge in [0.2, 0.25) is 15.9 Å². The SMILES string of the molecule is CS(=O)(=O)N(CC(=O)N1CCCCCC1)Cc1ccco1. The van der Waals surface area contributed by atoms with Crippen molar-refractivity contribution >= 4 is 15.9 Å². The maximum absolute atomic E-state index is 12.3. The van der Waals surface area contributed by atoms with Gasteiger partial charge in [-0.15, -0.1) is 0 Å². The number of rotatable bonds is 5. The summed E-state index contributed by atoms with van der Waals surface area (Å²) in [6.45, 7) is 1.40. The summed E-state index contributed by atoms with van der Waals surface area (Å²) >= 11 is 0. The third-order valence-electron chi connectivity index (χ3n) is 3.65. The highest BCUT2D eigenvalue weighted by molar-refractivity contribution is 7.88. The van der Waals surface area contributed by atoms with Gasteiger partial charge in [-0.2, -0.15) is 4.31 Å². The predicted octanol–water partition coefficient (Wildman–Crippen LogP) is 1.44. The van der Waals surface area contributed by atoms with Crippen LogP contribution in [0.25, 0.3) is 0 Å². The van der Waals surface area contributed by atoms with Crippen LogP contribution in [0.15, 0.2) is 22.8 Å². The molecule has 21 heavy (non-hydrogen) atoms. The molecule has 0 spiro atoms. The molecule has 1 aliphatic heterocycles. The molecule has 1 amide bonds. The van der Waals surface area contributed by atoms with Gasteiger partial charge in [-0.3, -0.25) is 4.79 Å². The fourth-order valence-corrected chi connectivity index (χ4v) is 3.14. The summed E-state index contributed by atoms with van der Waals surface area (Å²) in [7, 11) is -3.46. The van der Waals surface area contributed by atoms with E-state index in [2.05, 4.69) is 0 Å². The zero-order valence-electron chi connectivity index (χ0n) is 12.3. The van der Waals surface area contributed by atoms with Crippen molar-refractivity contribution in [1.82, 2.24) is 9.21 Å². The van der Waals surface area contributed by atoms with Crippen LogP contribution in [0.4, 0.5) is 0 Å². The van der Waals surface area contributed by atoms with E-state index in [-0.39, 0.29) is 19.0 Å². The molecule has 0 unspecified atom stereocenters. The molecule has 0 saturated carbocycles. The molecule has 118 valence electrons. The van der Waals surface area contributed by atoms with E-state index in [0.717, 1.165) is 45.0 Å². The molecule has 1 aliphatic rings. The molecule has 1 fully saturated rings. The topological polar surface area (TPSA) is 70.8 Å². The fourth-order valence-electron chi connectivity index (χ4n) is 2.44. The standard InChI is InChI=1S/C14H22N2O4S/c1-21(18,19)16(11-13-7-6-10-20-13)12-14(17)15-8-4-2-3-5-9-15/h6-7,10H,2-5,8-9,11-12H2,1H3. The molecule has 0 N–H and O–H groups in total. The Kier molecular flexibility index (Phi) is 5.41. The third-order valence-corrected chi connectivity index (χ3v) is 4.85. The first-order chi connectivity index (χ1) is 9.97. The van der Waals surface area contributed by atoms with Crippen LogP contribution in [0, 0.1) is 0 Å². The van der Waals surface area contributed by atoms with E-state index in [1.54, 1.807) is 17.0 Å². The molecule has 7 heteroatoms. The van der Waals surface area contributed by atoms with Crippen LogP contribution in [-0.4, -0.2) is 49.4 Å². The van der Waals surface area contributed by atoms with Gasteiger partial charge in [-0.05, 0) is 25.0 Å². The lowest BCUT2D eigenvalue weighted by molar-refractivity contribution is -0.131. The summed E-state index contributed by atoms with van der Waals surface area (Å²) in [5.74, 6) is 0.401. The van der Waals surface area contributed by atoms with Crippen LogP contribution in [0.5, 0.6) is 0 Å². The lowest BCUT2D eigenvalue weighted by Crippen LogP contribution is -2.42. The van der Waals surface area contributed by atoms with Crippen molar-refractivity contribution in [3.63, 3.8) is 0 Å². The number of amides is 1. The van der Waals surface area contributed by atoms with Crippen molar-refractivity contribution in [2.45, 2.75) is 32.2 Å². The summed E-state index contributed by atoms with van der Waals surface area (Å²) in [5, 5.41) is 0. The molecule has 0 aliphatic carbocycles. The lowest BCUT2D eigenvalue weighted by Gasteiger charge is -2.24. The minimum atomic E-state index is -3.46. The zero-order chi connectivity index (χ0) is 15.3. The molecule has 0 bridgehead atoms. The van der Waals surface area contributed by atoms with E-state index in [0.29, 0.717) is 5.76 Å². The summed E-state index contributed by atoms with van der Waals surface area (Å²) in [6, 6.07) is 3.40. The largest absolute Gasteiger partial charge is 0.468 e. The zero-order valence-corrected chi connectivity index (χ0v) is 13.1. The van der Waals surface area contributed by atoms with Crippen molar-refractivity contribution in [2.75, 3.05) is 25.9 Å². The minimum absolute atomic E-state index is 0.0887. The van der Waals surface area contributed by atoms with Crippen molar-refractivity contribution < 1.29 is 17.6 Å². The number of nitrogens with zero attached hydrogens (tertiary/aromatic N) is 2. The number of carbonyl (C=O) groups is 1. The highest BCUT2D eigenvalue weighted by atomic mass is 32.2. The molecule has 1 saturated heterocycles. The van der Waals surface area contributed by atoms with E-state index in [1.807, 2.05) is 0 Å². The second kappa shape index (κ2) is 7.09. The van der Waals surface area contributed by atoms with Gasteiger partial charge in [-0.1, -0.05) is 12.8 Å². The van der Waals surface area contributed by atoms with Gasteiger partial charge in [0, 0.05) is 13.1 Å². The molecule has 2 rings (SSSR count). The second-order valence-electron chi connectivity index (χ2n) is 5.41. The van der Waals surface area contributed by atoms with E-state index in [4.69, 9.17) is 4.42 Å². The average molecular weight is 314 g/mol. The van der Waals surface area contributed by atoms with Gasteiger partial charge >= 0.3 is 0 Å². The Morgan fingerprint density at radius 3 is 2.48 bits per heavy atom. The Morgan fingerprint density at radius 2 is 1.95 bits per heavy atom. The molecular weight excluding hydrogens is 292 g/mol. The Morgan fingerprint density at radius 1 is 1.29 bits per heavy atom. The number of likely N-dealkylation sites (tertiary alicyclic amines) is 1. The number of carbonyl (C=O) groups excluding carboxylic acids is 1. The maximum atomic E-state index is 12.3. The molecule has 2 heterocycles. The summed E-state index contributed by atoms with van der Waals surface area (Å²) < 4.78 is 30.1. The van der Waals surface area contributed by atoms with Gasteiger partial charge in [0.05, 0.1) is 25.6 Å². The smallest absolute Gasteiger partial charge is 0.237 e.